The second-order valence-electron chi connectivity index (χ2n) is 5.15. The van der Waals surface area contributed by atoms with Gasteiger partial charge in [-0.1, -0.05) is 36.2 Å². The quantitative estimate of drug-likeness (QED) is 0.784. The van der Waals surface area contributed by atoms with Crippen molar-refractivity contribution in [3.63, 3.8) is 0 Å². The standard InChI is InChI=1S/C15H15Cl2N5/c1-9(15-11(16)4-3-5-12(15)17)8-18-13-6-7-14-20-19-10(2)22(14)21-13/h3-7,9H,8H2,1-2H3,(H,18,21). The van der Waals surface area contributed by atoms with Gasteiger partial charge < -0.3 is 5.32 Å². The summed E-state index contributed by atoms with van der Waals surface area (Å²) in [6, 6.07) is 9.31. The van der Waals surface area contributed by atoms with Gasteiger partial charge in [-0.2, -0.15) is 4.52 Å². The summed E-state index contributed by atoms with van der Waals surface area (Å²) in [6.45, 7) is 4.61. The van der Waals surface area contributed by atoms with Crippen LogP contribution in [0.3, 0.4) is 0 Å². The summed E-state index contributed by atoms with van der Waals surface area (Å²) in [4.78, 5) is 0. The van der Waals surface area contributed by atoms with Crippen molar-refractivity contribution >= 4 is 34.7 Å². The fourth-order valence-electron chi connectivity index (χ4n) is 2.33. The van der Waals surface area contributed by atoms with Gasteiger partial charge in [-0.25, -0.2) is 0 Å². The molecule has 0 aliphatic heterocycles. The van der Waals surface area contributed by atoms with Gasteiger partial charge >= 0.3 is 0 Å². The first-order valence-corrected chi connectivity index (χ1v) is 7.68. The largest absolute Gasteiger partial charge is 0.368 e. The van der Waals surface area contributed by atoms with Crippen LogP contribution in [0.15, 0.2) is 30.3 Å². The molecule has 0 spiro atoms. The molecule has 114 valence electrons. The Labute approximate surface area is 138 Å². The number of halogens is 2. The molecule has 22 heavy (non-hydrogen) atoms. The minimum absolute atomic E-state index is 0.153. The highest BCUT2D eigenvalue weighted by molar-refractivity contribution is 6.36. The molecule has 5 nitrogen and oxygen atoms in total. The summed E-state index contributed by atoms with van der Waals surface area (Å²) in [5, 5.41) is 17.1. The molecule has 0 bridgehead atoms. The van der Waals surface area contributed by atoms with E-state index in [-0.39, 0.29) is 5.92 Å². The molecule has 0 saturated heterocycles. The van der Waals surface area contributed by atoms with E-state index in [0.29, 0.717) is 16.6 Å². The molecule has 2 heterocycles. The van der Waals surface area contributed by atoms with Crippen LogP contribution in [-0.2, 0) is 0 Å². The second kappa shape index (κ2) is 6.10. The van der Waals surface area contributed by atoms with Crippen molar-refractivity contribution in [1.82, 2.24) is 19.8 Å². The summed E-state index contributed by atoms with van der Waals surface area (Å²) < 4.78 is 1.70. The molecule has 1 aromatic carbocycles. The molecule has 0 aliphatic rings. The van der Waals surface area contributed by atoms with Crippen LogP contribution < -0.4 is 5.32 Å². The Bertz CT molecular complexity index is 795. The zero-order chi connectivity index (χ0) is 15.7. The van der Waals surface area contributed by atoms with Gasteiger partial charge in [0.2, 0.25) is 0 Å². The molecule has 0 amide bonds. The molecule has 1 unspecified atom stereocenters. The van der Waals surface area contributed by atoms with Crippen LogP contribution in [0.1, 0.15) is 24.2 Å². The molecule has 2 aromatic heterocycles. The van der Waals surface area contributed by atoms with Gasteiger partial charge in [0.15, 0.2) is 11.5 Å². The zero-order valence-corrected chi connectivity index (χ0v) is 13.7. The molecule has 1 atom stereocenters. The highest BCUT2D eigenvalue weighted by Crippen LogP contribution is 2.31. The van der Waals surface area contributed by atoms with Crippen LogP contribution in [0, 0.1) is 6.92 Å². The fraction of sp³-hybridized carbons (Fsp3) is 0.267. The predicted molar refractivity (Wildman–Crippen MR) is 88.9 cm³/mol. The normalized spacial score (nSPS) is 12.5. The summed E-state index contributed by atoms with van der Waals surface area (Å²) in [5.74, 6) is 1.66. The van der Waals surface area contributed by atoms with Crippen LogP contribution in [0.4, 0.5) is 5.82 Å². The number of benzene rings is 1. The van der Waals surface area contributed by atoms with E-state index in [9.17, 15) is 0 Å². The number of fused-ring (bicyclic) bond motifs is 1. The average Bonchev–Trinajstić information content (AvgIpc) is 2.86. The van der Waals surface area contributed by atoms with Crippen LogP contribution >= 0.6 is 23.2 Å². The highest BCUT2D eigenvalue weighted by Gasteiger charge is 2.14. The first-order chi connectivity index (χ1) is 10.6. The average molecular weight is 336 g/mol. The third kappa shape index (κ3) is 2.87. The Kier molecular flexibility index (Phi) is 4.18. The maximum Gasteiger partial charge on any atom is 0.178 e. The number of nitrogens with one attached hydrogen (secondary N) is 1. The number of hydrogen-bond acceptors (Lipinski definition) is 4. The molecular weight excluding hydrogens is 321 g/mol. The van der Waals surface area contributed by atoms with E-state index in [4.69, 9.17) is 23.2 Å². The maximum atomic E-state index is 6.24. The number of rotatable bonds is 4. The van der Waals surface area contributed by atoms with Crippen LogP contribution in [0.5, 0.6) is 0 Å². The highest BCUT2D eigenvalue weighted by atomic mass is 35.5. The van der Waals surface area contributed by atoms with Crippen molar-refractivity contribution in [2.75, 3.05) is 11.9 Å². The van der Waals surface area contributed by atoms with Crippen molar-refractivity contribution in [3.8, 4) is 0 Å². The van der Waals surface area contributed by atoms with Crippen LogP contribution in [-0.4, -0.2) is 26.4 Å². The van der Waals surface area contributed by atoms with Crippen molar-refractivity contribution < 1.29 is 0 Å². The number of hydrogen-bond donors (Lipinski definition) is 1. The Morgan fingerprint density at radius 2 is 1.86 bits per heavy atom. The Morgan fingerprint density at radius 3 is 2.59 bits per heavy atom. The lowest BCUT2D eigenvalue weighted by Crippen LogP contribution is -2.12. The minimum Gasteiger partial charge on any atom is -0.368 e. The van der Waals surface area contributed by atoms with E-state index in [1.54, 1.807) is 4.52 Å². The Hall–Kier alpha value is -1.85. The summed E-state index contributed by atoms with van der Waals surface area (Å²) in [6.07, 6.45) is 0. The van der Waals surface area contributed by atoms with E-state index in [0.717, 1.165) is 22.9 Å². The Morgan fingerprint density at radius 1 is 1.14 bits per heavy atom. The summed E-state index contributed by atoms with van der Waals surface area (Å²) >= 11 is 12.5. The molecule has 0 saturated carbocycles. The lowest BCUT2D eigenvalue weighted by Gasteiger charge is -2.16. The molecule has 3 rings (SSSR count). The molecule has 0 fully saturated rings. The maximum absolute atomic E-state index is 6.24. The summed E-state index contributed by atoms with van der Waals surface area (Å²) in [5.41, 5.74) is 1.67. The fourth-order valence-corrected chi connectivity index (χ4v) is 3.10. The third-order valence-corrected chi connectivity index (χ3v) is 4.16. The van der Waals surface area contributed by atoms with Crippen molar-refractivity contribution in [3.05, 3.63) is 51.8 Å². The lowest BCUT2D eigenvalue weighted by atomic mass is 10.0. The van der Waals surface area contributed by atoms with E-state index < -0.39 is 0 Å². The molecule has 3 aromatic rings. The first kappa shape index (κ1) is 15.1. The summed E-state index contributed by atoms with van der Waals surface area (Å²) in [7, 11) is 0. The number of nitrogens with zero attached hydrogens (tertiary/aromatic N) is 4. The molecule has 1 N–H and O–H groups in total. The van der Waals surface area contributed by atoms with Gasteiger partial charge in [0, 0.05) is 22.5 Å². The number of aryl methyl sites for hydroxylation is 1. The SMILES string of the molecule is Cc1nnc2ccc(NCC(C)c3c(Cl)cccc3Cl)nn12. The molecular formula is C15H15Cl2N5. The topological polar surface area (TPSA) is 55.1 Å². The monoisotopic (exact) mass is 335 g/mol. The predicted octanol–water partition coefficient (Wildman–Crippen LogP) is 3.96. The number of aromatic nitrogens is 4. The van der Waals surface area contributed by atoms with Crippen molar-refractivity contribution in [2.45, 2.75) is 19.8 Å². The van der Waals surface area contributed by atoms with Crippen molar-refractivity contribution in [1.29, 1.82) is 0 Å². The van der Waals surface area contributed by atoms with Gasteiger partial charge in [0.05, 0.1) is 0 Å². The van der Waals surface area contributed by atoms with E-state index in [1.807, 2.05) is 37.3 Å². The van der Waals surface area contributed by atoms with Crippen LogP contribution in [0.25, 0.3) is 5.65 Å². The van der Waals surface area contributed by atoms with Crippen molar-refractivity contribution in [2.24, 2.45) is 0 Å². The molecule has 0 aliphatic carbocycles. The van der Waals surface area contributed by atoms with Gasteiger partial charge in [0.25, 0.3) is 0 Å². The van der Waals surface area contributed by atoms with Gasteiger partial charge in [-0.3, -0.25) is 0 Å². The Balaban J connectivity index is 1.77. The van der Waals surface area contributed by atoms with Gasteiger partial charge in [-0.05, 0) is 36.8 Å². The molecule has 7 heteroatoms. The smallest absolute Gasteiger partial charge is 0.178 e. The zero-order valence-electron chi connectivity index (χ0n) is 12.2. The van der Waals surface area contributed by atoms with E-state index in [2.05, 4.69) is 27.5 Å². The minimum atomic E-state index is 0.153. The van der Waals surface area contributed by atoms with Gasteiger partial charge in [0.1, 0.15) is 5.82 Å². The second-order valence-corrected chi connectivity index (χ2v) is 5.97. The number of anilines is 1. The lowest BCUT2D eigenvalue weighted by molar-refractivity contribution is 0.791. The molecule has 0 radical (unpaired) electrons. The van der Waals surface area contributed by atoms with Crippen LogP contribution in [0.2, 0.25) is 10.0 Å². The third-order valence-electron chi connectivity index (χ3n) is 3.50. The van der Waals surface area contributed by atoms with E-state index in [1.165, 1.54) is 0 Å². The van der Waals surface area contributed by atoms with Gasteiger partial charge in [-0.15, -0.1) is 15.3 Å². The first-order valence-electron chi connectivity index (χ1n) is 6.93. The van der Waals surface area contributed by atoms with E-state index >= 15 is 0 Å².